The monoisotopic (exact) mass is 829 g/mol. The Morgan fingerprint density at radius 1 is 0.649 bits per heavy atom. The number of aliphatic hydroxyl groups excluding tert-OH is 7. The van der Waals surface area contributed by atoms with Crippen molar-refractivity contribution in [3.63, 3.8) is 0 Å². The lowest BCUT2D eigenvalue weighted by molar-refractivity contribution is -0.441. The van der Waals surface area contributed by atoms with Gasteiger partial charge in [-0.05, 0) is 0 Å². The van der Waals surface area contributed by atoms with Gasteiger partial charge in [0.1, 0.15) is 42.7 Å². The van der Waals surface area contributed by atoms with E-state index in [-0.39, 0.29) is 25.7 Å². The van der Waals surface area contributed by atoms with Crippen molar-refractivity contribution < 1.29 is 112 Å². The molecule has 0 saturated carbocycles. The van der Waals surface area contributed by atoms with Gasteiger partial charge in [-0.2, -0.15) is 0 Å². The van der Waals surface area contributed by atoms with Gasteiger partial charge in [-0.15, -0.1) is 0 Å². The third kappa shape index (κ3) is 11.6. The van der Waals surface area contributed by atoms with Gasteiger partial charge in [0.2, 0.25) is 17.7 Å². The number of nitrogens with one attached hydrogen (secondary N) is 3. The van der Waals surface area contributed by atoms with E-state index in [1.54, 1.807) is 0 Å². The molecule has 3 aliphatic heterocycles. The first kappa shape index (κ1) is 47.3. The highest BCUT2D eigenvalue weighted by Crippen LogP contribution is 2.39. The average molecular weight is 830 g/mol. The summed E-state index contributed by atoms with van der Waals surface area (Å²) in [5.41, 5.74) is 0. The second-order valence-electron chi connectivity index (χ2n) is 13.3. The summed E-state index contributed by atoms with van der Waals surface area (Å²) in [7, 11) is 0. The lowest BCUT2D eigenvalue weighted by Gasteiger charge is -2.50. The van der Waals surface area contributed by atoms with E-state index in [1.807, 2.05) is 0 Å². The minimum atomic E-state index is -2.97. The van der Waals surface area contributed by atoms with Crippen LogP contribution in [-0.4, -0.2) is 195 Å². The number of hydrogen-bond acceptors (Lipinski definition) is 23. The number of aldehydes is 1. The van der Waals surface area contributed by atoms with Crippen LogP contribution in [-0.2, 0) is 71.5 Å². The summed E-state index contributed by atoms with van der Waals surface area (Å²) in [6.45, 7) is -0.199. The minimum absolute atomic E-state index is 0.120. The van der Waals surface area contributed by atoms with Gasteiger partial charge in [0.15, 0.2) is 6.29 Å². The first-order valence-corrected chi connectivity index (χ1v) is 17.1. The van der Waals surface area contributed by atoms with Crippen molar-refractivity contribution in [1.82, 2.24) is 16.0 Å². The van der Waals surface area contributed by atoms with Crippen molar-refractivity contribution in [3.05, 3.63) is 0 Å². The van der Waals surface area contributed by atoms with E-state index >= 15 is 0 Å². The summed E-state index contributed by atoms with van der Waals surface area (Å²) in [5.74, 6) is -10.9. The number of carbonyl (C=O) groups is 7. The zero-order chi connectivity index (χ0) is 42.9. The Kier molecular flexibility index (Phi) is 16.7. The molecule has 16 unspecified atom stereocenters. The molecule has 3 rings (SSSR count). The molecule has 3 heterocycles. The molecule has 3 aliphatic rings. The Morgan fingerprint density at radius 2 is 1.04 bits per heavy atom. The quantitative estimate of drug-likeness (QED) is 0.0308. The Labute approximate surface area is 322 Å². The van der Waals surface area contributed by atoms with Crippen molar-refractivity contribution in [3.8, 4) is 0 Å². The van der Waals surface area contributed by atoms with Crippen molar-refractivity contribution in [2.75, 3.05) is 13.2 Å². The molecule has 324 valence electrons. The van der Waals surface area contributed by atoms with Gasteiger partial charge in [0.25, 0.3) is 19.4 Å². The number of rotatable bonds is 20. The molecule has 0 aromatic carbocycles. The third-order valence-electron chi connectivity index (χ3n) is 9.03. The Hall–Kier alpha value is -4.03. The predicted molar refractivity (Wildman–Crippen MR) is 173 cm³/mol. The molecule has 57 heavy (non-hydrogen) atoms. The minimum Gasteiger partial charge on any atom is -0.410 e. The molecule has 0 aliphatic carbocycles. The van der Waals surface area contributed by atoms with Crippen LogP contribution in [0.4, 0.5) is 0 Å². The molecule has 16 atom stereocenters. The molecule has 26 heteroatoms. The lowest BCUT2D eigenvalue weighted by Crippen LogP contribution is -2.69. The van der Waals surface area contributed by atoms with Crippen LogP contribution in [0.25, 0.3) is 0 Å². The van der Waals surface area contributed by atoms with Crippen LogP contribution in [0.3, 0.4) is 0 Å². The molecule has 3 amide bonds. The van der Waals surface area contributed by atoms with E-state index in [1.165, 1.54) is 0 Å². The van der Waals surface area contributed by atoms with Crippen LogP contribution in [0.15, 0.2) is 0 Å². The fraction of sp³-hybridized carbons (Fsp3) is 0.774. The molecule has 3 fully saturated rings. The fourth-order valence-electron chi connectivity index (χ4n) is 6.69. The van der Waals surface area contributed by atoms with E-state index in [0.717, 1.165) is 20.8 Å². The zero-order valence-corrected chi connectivity index (χ0v) is 30.6. The molecule has 0 aromatic heterocycles. The fourth-order valence-corrected chi connectivity index (χ4v) is 6.69. The van der Waals surface area contributed by atoms with Crippen LogP contribution < -0.4 is 16.0 Å². The SMILES string of the molecule is CC(=O)NC1C(O)CC(OC=O)(OC(CO)C(O)C2OC(OC=O)(OC(CO)C(O)C3OC(O)(OC=O)CC(O)C3NC(C)=O)CC(O)C2NC(C)=O)OC1C=O. The molecule has 0 radical (unpaired) electrons. The van der Waals surface area contributed by atoms with E-state index in [0.29, 0.717) is 0 Å². The maximum absolute atomic E-state index is 12.2. The molecular formula is C31H47N3O23. The second kappa shape index (κ2) is 20.1. The smallest absolute Gasteiger partial charge is 0.332 e. The second-order valence-corrected chi connectivity index (χ2v) is 13.3. The highest BCUT2D eigenvalue weighted by Gasteiger charge is 2.59. The molecular weight excluding hydrogens is 782 g/mol. The van der Waals surface area contributed by atoms with Crippen LogP contribution >= 0.6 is 0 Å². The number of amides is 3. The molecule has 3 saturated heterocycles. The third-order valence-corrected chi connectivity index (χ3v) is 9.03. The maximum atomic E-state index is 12.2. The highest BCUT2D eigenvalue weighted by atomic mass is 16.9. The van der Waals surface area contributed by atoms with E-state index in [2.05, 4.69) is 20.7 Å². The average Bonchev–Trinajstić information content (AvgIpc) is 3.12. The van der Waals surface area contributed by atoms with Gasteiger partial charge in [0, 0.05) is 20.8 Å². The Bertz CT molecular complexity index is 1430. The lowest BCUT2D eigenvalue weighted by atomic mass is 9.90. The van der Waals surface area contributed by atoms with Crippen molar-refractivity contribution in [1.29, 1.82) is 0 Å². The van der Waals surface area contributed by atoms with Crippen LogP contribution in [0, 0.1) is 0 Å². The Morgan fingerprint density at radius 3 is 1.44 bits per heavy atom. The first-order chi connectivity index (χ1) is 26.8. The largest absolute Gasteiger partial charge is 0.410 e. The summed E-state index contributed by atoms with van der Waals surface area (Å²) in [5, 5.41) is 94.0. The summed E-state index contributed by atoms with van der Waals surface area (Å²) >= 11 is 0. The normalized spacial score (nSPS) is 37.5. The van der Waals surface area contributed by atoms with Crippen molar-refractivity contribution in [2.24, 2.45) is 0 Å². The van der Waals surface area contributed by atoms with Gasteiger partial charge in [-0.1, -0.05) is 0 Å². The van der Waals surface area contributed by atoms with Gasteiger partial charge >= 0.3 is 17.9 Å². The number of hydrogen-bond donors (Lipinski definition) is 11. The van der Waals surface area contributed by atoms with Crippen molar-refractivity contribution >= 4 is 43.4 Å². The van der Waals surface area contributed by atoms with E-state index in [4.69, 9.17) is 33.2 Å². The Balaban J connectivity index is 2.02. The van der Waals surface area contributed by atoms with Crippen LogP contribution in [0.5, 0.6) is 0 Å². The van der Waals surface area contributed by atoms with E-state index < -0.39 is 147 Å². The van der Waals surface area contributed by atoms with Gasteiger partial charge in [0.05, 0.1) is 68.9 Å². The van der Waals surface area contributed by atoms with E-state index in [9.17, 15) is 74.4 Å². The summed E-state index contributed by atoms with van der Waals surface area (Å²) in [6.07, 6.45) is -22.7. The van der Waals surface area contributed by atoms with Gasteiger partial charge in [-0.3, -0.25) is 28.8 Å². The van der Waals surface area contributed by atoms with Crippen LogP contribution in [0.2, 0.25) is 0 Å². The molecule has 0 spiro atoms. The summed E-state index contributed by atoms with van der Waals surface area (Å²) in [6, 6.07) is -4.69. The maximum Gasteiger partial charge on any atom is 0.332 e. The molecule has 11 N–H and O–H groups in total. The van der Waals surface area contributed by atoms with Gasteiger partial charge in [-0.25, -0.2) is 0 Å². The number of ether oxygens (including phenoxy) is 8. The summed E-state index contributed by atoms with van der Waals surface area (Å²) in [4.78, 5) is 82.3. The number of carbonyl (C=O) groups excluding carboxylic acids is 7. The topological polar surface area (TPSA) is 391 Å². The van der Waals surface area contributed by atoms with Crippen LogP contribution in [0.1, 0.15) is 40.0 Å². The number of aliphatic hydroxyl groups is 8. The summed E-state index contributed by atoms with van der Waals surface area (Å²) < 4.78 is 42.3. The molecule has 26 nitrogen and oxygen atoms in total. The van der Waals surface area contributed by atoms with Gasteiger partial charge < -0.3 is 99.5 Å². The van der Waals surface area contributed by atoms with Crippen molar-refractivity contribution in [2.45, 2.75) is 137 Å². The first-order valence-electron chi connectivity index (χ1n) is 17.1. The zero-order valence-electron chi connectivity index (χ0n) is 30.6. The standard InChI is InChI=1S/C31H47N3O23/c1-13(41)32-22-17(45)5-30(51-11-39,53-19(22)7-35)54-21(9-37)26(48)28-24(34-15(3)43)18(46)6-31(57-28,52-12-40)55-20(8-36)25(47)27-23(33-14(2)42)16(44)4-29(49,56-27)50-10-38/h7,10-12,16-28,36-37,44-49H,4-6,8-9H2,1-3H3,(H,32,41)(H,33,42)(H,34,43). The highest BCUT2D eigenvalue weighted by molar-refractivity contribution is 5.74. The molecule has 0 aromatic rings. The predicted octanol–water partition coefficient (Wildman–Crippen LogP) is -7.90. The molecule has 0 bridgehead atoms.